The van der Waals surface area contributed by atoms with Crippen LogP contribution in [0.15, 0.2) is 52.7 Å². The molecular weight excluding hydrogens is 571 g/mol. The predicted octanol–water partition coefficient (Wildman–Crippen LogP) is 2.08. The van der Waals surface area contributed by atoms with Crippen molar-refractivity contribution in [2.75, 3.05) is 50.1 Å². The van der Waals surface area contributed by atoms with Gasteiger partial charge in [0.15, 0.2) is 16.9 Å². The van der Waals surface area contributed by atoms with Crippen LogP contribution in [0.25, 0.3) is 16.9 Å². The number of aromatic nitrogens is 5. The van der Waals surface area contributed by atoms with Crippen LogP contribution in [0.1, 0.15) is 26.5 Å². The summed E-state index contributed by atoms with van der Waals surface area (Å²) in [6, 6.07) is 5.54. The Kier molecular flexibility index (Phi) is 8.59. The highest BCUT2D eigenvalue weighted by molar-refractivity contribution is 5.77. The van der Waals surface area contributed by atoms with Gasteiger partial charge in [-0.25, -0.2) is 18.7 Å². The maximum absolute atomic E-state index is 15.8. The highest BCUT2D eigenvalue weighted by Crippen LogP contribution is 2.37. The lowest BCUT2D eigenvalue weighted by Crippen LogP contribution is -2.51. The molecule has 1 aliphatic heterocycles. The third kappa shape index (κ3) is 6.09. The molecule has 5 rings (SSSR count). The van der Waals surface area contributed by atoms with Crippen molar-refractivity contribution in [3.63, 3.8) is 0 Å². The Morgan fingerprint density at radius 3 is 2.70 bits per heavy atom. The van der Waals surface area contributed by atoms with Crippen LogP contribution in [-0.2, 0) is 12.1 Å². The van der Waals surface area contributed by atoms with Crippen LogP contribution in [0.2, 0.25) is 0 Å². The average molecular weight is 609 g/mol. The van der Waals surface area contributed by atoms with E-state index in [1.165, 1.54) is 53.7 Å². The van der Waals surface area contributed by atoms with Crippen molar-refractivity contribution in [3.8, 4) is 11.6 Å². The number of nitrogens with zero attached hydrogens (tertiary/aromatic N) is 6. The van der Waals surface area contributed by atoms with Gasteiger partial charge in [0.1, 0.15) is 29.2 Å². The molecule has 0 radical (unpaired) electrons. The second-order valence-electron chi connectivity index (χ2n) is 11.4. The SMILES string of the molecule is C=CCn1c(=O)c2cnc(Nc3cc(F)c(N4CCN(C)C[C@@H]4C)c(OCCO)c3)nc2n1-c1cc(=O)cc(C(C)(C)O)[nH]1. The van der Waals surface area contributed by atoms with Crippen molar-refractivity contribution in [2.24, 2.45) is 0 Å². The molecule has 1 aromatic carbocycles. The smallest absolute Gasteiger partial charge is 0.278 e. The van der Waals surface area contributed by atoms with Gasteiger partial charge >= 0.3 is 0 Å². The number of aliphatic hydroxyl groups is 2. The average Bonchev–Trinajstić information content (AvgIpc) is 3.22. The number of hydrogen-bond acceptors (Lipinski definition) is 10. The molecule has 14 heteroatoms. The fourth-order valence-corrected chi connectivity index (χ4v) is 5.38. The van der Waals surface area contributed by atoms with Crippen LogP contribution >= 0.6 is 0 Å². The maximum atomic E-state index is 15.8. The van der Waals surface area contributed by atoms with Gasteiger partial charge in [-0.3, -0.25) is 9.59 Å². The monoisotopic (exact) mass is 608 g/mol. The molecule has 0 aliphatic carbocycles. The third-order valence-electron chi connectivity index (χ3n) is 7.44. The van der Waals surface area contributed by atoms with Crippen molar-refractivity contribution >= 4 is 28.4 Å². The standard InChI is InChI=1S/C30H37FN8O5/c1-6-7-38-28(42)21-16-32-29(35-27(21)39(38)25-15-20(41)14-24(34-25)30(3,4)43)33-19-12-22(31)26(23(13-19)44-11-10-40)37-9-8-36(5)17-18(37)2/h6,12-16,18,40,43H,1,7-11,17H2,2-5H3,(H,34,41)(H,32,33,35)/t18-/m0/s1. The van der Waals surface area contributed by atoms with E-state index >= 15 is 4.39 Å². The molecule has 4 heterocycles. The summed E-state index contributed by atoms with van der Waals surface area (Å²) in [5.41, 5.74) is -1.16. The van der Waals surface area contributed by atoms with Crippen molar-refractivity contribution in [1.82, 2.24) is 29.2 Å². The van der Waals surface area contributed by atoms with Gasteiger partial charge in [-0.2, -0.15) is 4.98 Å². The predicted molar refractivity (Wildman–Crippen MR) is 166 cm³/mol. The van der Waals surface area contributed by atoms with Crippen molar-refractivity contribution in [2.45, 2.75) is 39.0 Å². The highest BCUT2D eigenvalue weighted by atomic mass is 19.1. The molecular formula is C30H37FN8O5. The lowest BCUT2D eigenvalue weighted by molar-refractivity contribution is 0.0737. The van der Waals surface area contributed by atoms with E-state index in [4.69, 9.17) is 4.74 Å². The van der Waals surface area contributed by atoms with Gasteiger partial charge in [-0.05, 0) is 33.9 Å². The molecule has 1 fully saturated rings. The second kappa shape index (κ2) is 12.2. The first kappa shape index (κ1) is 30.9. The van der Waals surface area contributed by atoms with Crippen LogP contribution in [0, 0.1) is 5.82 Å². The molecule has 0 bridgehead atoms. The minimum atomic E-state index is -1.36. The minimum absolute atomic E-state index is 0.0223. The van der Waals surface area contributed by atoms with Crippen LogP contribution in [0.5, 0.6) is 5.75 Å². The van der Waals surface area contributed by atoms with Crippen LogP contribution in [0.3, 0.4) is 0 Å². The van der Waals surface area contributed by atoms with E-state index in [-0.39, 0.29) is 71.2 Å². The first-order valence-corrected chi connectivity index (χ1v) is 14.3. The van der Waals surface area contributed by atoms with Gasteiger partial charge in [0.25, 0.3) is 5.56 Å². The Labute approximate surface area is 252 Å². The summed E-state index contributed by atoms with van der Waals surface area (Å²) in [7, 11) is 2.02. The van der Waals surface area contributed by atoms with Gasteiger partial charge in [0.05, 0.1) is 24.4 Å². The number of rotatable bonds is 10. The topological polar surface area (TPSA) is 154 Å². The summed E-state index contributed by atoms with van der Waals surface area (Å²) in [5.74, 6) is -0.00891. The number of hydrogen-bond donors (Lipinski definition) is 4. The first-order valence-electron chi connectivity index (χ1n) is 14.3. The molecule has 0 saturated carbocycles. The Morgan fingerprint density at radius 2 is 2.02 bits per heavy atom. The van der Waals surface area contributed by atoms with E-state index in [0.717, 1.165) is 13.1 Å². The normalized spacial score (nSPS) is 16.0. The van der Waals surface area contributed by atoms with E-state index < -0.39 is 17.0 Å². The number of likely N-dealkylation sites (N-methyl/N-ethyl adjacent to an activating group) is 1. The number of pyridine rings is 1. The molecule has 44 heavy (non-hydrogen) atoms. The number of nitrogens with one attached hydrogen (secondary N) is 2. The molecule has 13 nitrogen and oxygen atoms in total. The summed E-state index contributed by atoms with van der Waals surface area (Å²) >= 11 is 0. The van der Waals surface area contributed by atoms with Crippen LogP contribution in [-0.4, -0.2) is 85.4 Å². The zero-order chi connectivity index (χ0) is 31.8. The van der Waals surface area contributed by atoms with E-state index in [1.807, 2.05) is 18.9 Å². The molecule has 4 N–H and O–H groups in total. The largest absolute Gasteiger partial charge is 0.489 e. The second-order valence-corrected chi connectivity index (χ2v) is 11.4. The van der Waals surface area contributed by atoms with E-state index in [2.05, 4.69) is 31.7 Å². The molecule has 1 saturated heterocycles. The van der Waals surface area contributed by atoms with Crippen LogP contribution < -0.4 is 25.9 Å². The number of allylic oxidation sites excluding steroid dienone is 1. The number of benzene rings is 1. The number of aromatic amines is 1. The minimum Gasteiger partial charge on any atom is -0.489 e. The van der Waals surface area contributed by atoms with Crippen molar-refractivity contribution in [1.29, 1.82) is 0 Å². The maximum Gasteiger partial charge on any atom is 0.278 e. The summed E-state index contributed by atoms with van der Waals surface area (Å²) in [6.45, 7) is 10.8. The third-order valence-corrected chi connectivity index (χ3v) is 7.44. The first-order chi connectivity index (χ1) is 20.9. The number of halogens is 1. The van der Waals surface area contributed by atoms with Crippen molar-refractivity contribution in [3.05, 3.63) is 75.2 Å². The fraction of sp³-hybridized carbons (Fsp3) is 0.400. The number of ether oxygens (including phenoxy) is 1. The number of H-pyrrole nitrogens is 1. The van der Waals surface area contributed by atoms with E-state index in [1.54, 1.807) is 6.07 Å². The quantitative estimate of drug-likeness (QED) is 0.197. The summed E-state index contributed by atoms with van der Waals surface area (Å²) in [6.07, 6.45) is 2.88. The Bertz CT molecular complexity index is 1810. The highest BCUT2D eigenvalue weighted by Gasteiger charge is 2.28. The zero-order valence-electron chi connectivity index (χ0n) is 25.2. The van der Waals surface area contributed by atoms with Gasteiger partial charge < -0.3 is 35.1 Å². The van der Waals surface area contributed by atoms with Gasteiger partial charge in [-0.15, -0.1) is 6.58 Å². The van der Waals surface area contributed by atoms with Crippen LogP contribution in [0.4, 0.5) is 21.7 Å². The zero-order valence-corrected chi connectivity index (χ0v) is 25.2. The molecule has 0 amide bonds. The number of aliphatic hydroxyl groups excluding tert-OH is 1. The lowest BCUT2D eigenvalue weighted by atomic mass is 10.1. The lowest BCUT2D eigenvalue weighted by Gasteiger charge is -2.40. The molecule has 1 aliphatic rings. The van der Waals surface area contributed by atoms with E-state index in [0.29, 0.717) is 12.2 Å². The fourth-order valence-electron chi connectivity index (χ4n) is 5.38. The molecule has 0 spiro atoms. The number of fused-ring (bicyclic) bond motifs is 1. The number of anilines is 3. The molecule has 234 valence electrons. The Balaban J connectivity index is 1.60. The molecule has 1 atom stereocenters. The molecule has 0 unspecified atom stereocenters. The molecule has 3 aromatic heterocycles. The summed E-state index contributed by atoms with van der Waals surface area (Å²) in [5, 5.41) is 23.1. The summed E-state index contributed by atoms with van der Waals surface area (Å²) in [4.78, 5) is 42.0. The summed E-state index contributed by atoms with van der Waals surface area (Å²) < 4.78 is 24.3. The van der Waals surface area contributed by atoms with Gasteiger partial charge in [-0.1, -0.05) is 6.08 Å². The Hall–Kier alpha value is -4.53. The van der Waals surface area contributed by atoms with Gasteiger partial charge in [0, 0.05) is 55.8 Å². The van der Waals surface area contributed by atoms with Crippen molar-refractivity contribution < 1.29 is 19.3 Å². The number of piperazine rings is 1. The molecule has 4 aromatic rings. The van der Waals surface area contributed by atoms with Gasteiger partial charge in [0.2, 0.25) is 5.95 Å². The van der Waals surface area contributed by atoms with E-state index in [9.17, 15) is 19.8 Å². The Morgan fingerprint density at radius 1 is 1.25 bits per heavy atom.